The van der Waals surface area contributed by atoms with E-state index in [9.17, 15) is 4.79 Å². The van der Waals surface area contributed by atoms with Crippen molar-refractivity contribution in [3.05, 3.63) is 35.4 Å². The Kier molecular flexibility index (Phi) is 4.30. The molecule has 5 heteroatoms. The predicted molar refractivity (Wildman–Crippen MR) is 74.8 cm³/mol. The van der Waals surface area contributed by atoms with Crippen LogP contribution in [-0.2, 0) is 4.79 Å². The molecule has 5 nitrogen and oxygen atoms in total. The van der Waals surface area contributed by atoms with E-state index in [4.69, 9.17) is 10.5 Å². The molecule has 0 aliphatic carbocycles. The molecular formula is C14H17N3O2. The first-order chi connectivity index (χ1) is 9.20. The molecule has 0 fully saturated rings. The average molecular weight is 259 g/mol. The molecule has 1 aliphatic rings. The Hall–Kier alpha value is -2.14. The van der Waals surface area contributed by atoms with Gasteiger partial charge in [0.05, 0.1) is 6.21 Å². The highest BCUT2D eigenvalue weighted by atomic mass is 16.5. The summed E-state index contributed by atoms with van der Waals surface area (Å²) in [6.07, 6.45) is 3.78. The number of nitrogens with two attached hydrogens (primary N) is 1. The summed E-state index contributed by atoms with van der Waals surface area (Å²) in [5.74, 6) is 0.670. The second-order valence-corrected chi connectivity index (χ2v) is 4.27. The van der Waals surface area contributed by atoms with E-state index < -0.39 is 0 Å². The van der Waals surface area contributed by atoms with Crippen LogP contribution < -0.4 is 15.9 Å². The Morgan fingerprint density at radius 3 is 3.11 bits per heavy atom. The molecule has 1 aliphatic heterocycles. The zero-order chi connectivity index (χ0) is 13.7. The Labute approximate surface area is 112 Å². The van der Waals surface area contributed by atoms with Crippen LogP contribution in [0.15, 0.2) is 34.9 Å². The lowest BCUT2D eigenvalue weighted by Crippen LogP contribution is -2.23. The summed E-state index contributed by atoms with van der Waals surface area (Å²) in [5.41, 5.74) is 9.62. The highest BCUT2D eigenvalue weighted by molar-refractivity contribution is 5.89. The molecule has 0 aromatic heterocycles. The molecular weight excluding hydrogens is 242 g/mol. The summed E-state index contributed by atoms with van der Waals surface area (Å²) in [6.45, 7) is 2.26. The van der Waals surface area contributed by atoms with E-state index in [0.717, 1.165) is 16.9 Å². The number of nitrogens with one attached hydrogen (secondary N) is 1. The van der Waals surface area contributed by atoms with Crippen LogP contribution in [0.3, 0.4) is 0 Å². The first-order valence-corrected chi connectivity index (χ1v) is 6.20. The van der Waals surface area contributed by atoms with E-state index in [1.54, 1.807) is 6.21 Å². The first kappa shape index (κ1) is 13.3. The van der Waals surface area contributed by atoms with E-state index in [0.29, 0.717) is 6.54 Å². The molecule has 0 unspecified atom stereocenters. The van der Waals surface area contributed by atoms with Gasteiger partial charge in [-0.25, -0.2) is 5.43 Å². The van der Waals surface area contributed by atoms with Crippen LogP contribution in [0.5, 0.6) is 5.75 Å². The molecule has 1 heterocycles. The van der Waals surface area contributed by atoms with Gasteiger partial charge < -0.3 is 10.5 Å². The minimum Gasteiger partial charge on any atom is -0.485 e. The van der Waals surface area contributed by atoms with Crippen molar-refractivity contribution in [1.82, 2.24) is 5.43 Å². The van der Waals surface area contributed by atoms with Gasteiger partial charge in [0, 0.05) is 24.1 Å². The molecule has 1 amide bonds. The van der Waals surface area contributed by atoms with Gasteiger partial charge >= 0.3 is 0 Å². The lowest BCUT2D eigenvalue weighted by Gasteiger charge is -2.22. The van der Waals surface area contributed by atoms with E-state index in [1.807, 2.05) is 37.3 Å². The topological polar surface area (TPSA) is 76.7 Å². The van der Waals surface area contributed by atoms with Gasteiger partial charge in [0.25, 0.3) is 0 Å². The molecule has 0 spiro atoms. The number of para-hydroxylation sites is 1. The van der Waals surface area contributed by atoms with Crippen molar-refractivity contribution >= 4 is 18.2 Å². The Morgan fingerprint density at radius 2 is 2.32 bits per heavy atom. The molecule has 0 saturated heterocycles. The maximum Gasteiger partial charge on any atom is 0.241 e. The highest BCUT2D eigenvalue weighted by Crippen LogP contribution is 2.28. The molecule has 1 aromatic rings. The standard InChI is InChI=1S/C14H17N3O2/c1-10-12(9-16-17-14(18)6-7-15)8-11-4-2-3-5-13(11)19-10/h2-5,8-10H,6-7,15H2,1H3,(H,17,18)/b16-9-/t10-/m1/s1. The van der Waals surface area contributed by atoms with Crippen molar-refractivity contribution in [2.75, 3.05) is 6.54 Å². The summed E-state index contributed by atoms with van der Waals surface area (Å²) in [5, 5.41) is 3.91. The highest BCUT2D eigenvalue weighted by Gasteiger charge is 2.16. The van der Waals surface area contributed by atoms with Gasteiger partial charge in [-0.15, -0.1) is 0 Å². The monoisotopic (exact) mass is 259 g/mol. The van der Waals surface area contributed by atoms with E-state index in [-0.39, 0.29) is 18.4 Å². The number of nitrogens with zero attached hydrogens (tertiary/aromatic N) is 1. The Morgan fingerprint density at radius 1 is 1.53 bits per heavy atom. The SMILES string of the molecule is C[C@H]1Oc2ccccc2C=C1/C=N\NC(=O)CCN. The van der Waals surface area contributed by atoms with Crippen molar-refractivity contribution in [3.8, 4) is 5.75 Å². The second-order valence-electron chi connectivity index (χ2n) is 4.27. The molecule has 100 valence electrons. The minimum absolute atomic E-state index is 0.0925. The molecule has 0 radical (unpaired) electrons. The van der Waals surface area contributed by atoms with Gasteiger partial charge in [-0.1, -0.05) is 18.2 Å². The number of fused-ring (bicyclic) bond motifs is 1. The number of carbonyl (C=O) groups excluding carboxylic acids is 1. The molecule has 0 saturated carbocycles. The first-order valence-electron chi connectivity index (χ1n) is 6.20. The Bertz CT molecular complexity index is 523. The van der Waals surface area contributed by atoms with Crippen LogP contribution in [-0.4, -0.2) is 24.8 Å². The Balaban J connectivity index is 2.06. The van der Waals surface area contributed by atoms with E-state index >= 15 is 0 Å². The average Bonchev–Trinajstić information content (AvgIpc) is 2.39. The minimum atomic E-state index is -0.191. The number of hydrazone groups is 1. The number of hydrogen-bond donors (Lipinski definition) is 2. The van der Waals surface area contributed by atoms with Crippen LogP contribution >= 0.6 is 0 Å². The third-order valence-corrected chi connectivity index (χ3v) is 2.79. The number of ether oxygens (including phenoxy) is 1. The quantitative estimate of drug-likeness (QED) is 0.632. The third-order valence-electron chi connectivity index (χ3n) is 2.79. The van der Waals surface area contributed by atoms with Crippen LogP contribution in [0.1, 0.15) is 18.9 Å². The fraction of sp³-hybridized carbons (Fsp3) is 0.286. The normalized spacial score (nSPS) is 17.6. The molecule has 0 bridgehead atoms. The summed E-state index contributed by atoms with van der Waals surface area (Å²) < 4.78 is 5.76. The van der Waals surface area contributed by atoms with Gasteiger partial charge in [0.15, 0.2) is 0 Å². The molecule has 19 heavy (non-hydrogen) atoms. The van der Waals surface area contributed by atoms with Gasteiger partial charge in [-0.05, 0) is 19.1 Å². The van der Waals surface area contributed by atoms with Crippen molar-refractivity contribution in [3.63, 3.8) is 0 Å². The largest absolute Gasteiger partial charge is 0.485 e. The maximum atomic E-state index is 11.2. The van der Waals surface area contributed by atoms with Gasteiger partial charge in [0.1, 0.15) is 11.9 Å². The number of carbonyl (C=O) groups is 1. The number of rotatable bonds is 4. The summed E-state index contributed by atoms with van der Waals surface area (Å²) >= 11 is 0. The molecule has 2 rings (SSSR count). The van der Waals surface area contributed by atoms with Crippen molar-refractivity contribution in [2.24, 2.45) is 10.8 Å². The number of hydrogen-bond acceptors (Lipinski definition) is 4. The molecule has 1 aromatic carbocycles. The molecule has 1 atom stereocenters. The van der Waals surface area contributed by atoms with Crippen molar-refractivity contribution in [2.45, 2.75) is 19.4 Å². The smallest absolute Gasteiger partial charge is 0.241 e. The van der Waals surface area contributed by atoms with E-state index in [1.165, 1.54) is 0 Å². The summed E-state index contributed by atoms with van der Waals surface area (Å²) in [4.78, 5) is 11.2. The summed E-state index contributed by atoms with van der Waals surface area (Å²) in [6, 6.07) is 7.79. The van der Waals surface area contributed by atoms with Crippen molar-refractivity contribution in [1.29, 1.82) is 0 Å². The lowest BCUT2D eigenvalue weighted by molar-refractivity contribution is -0.120. The summed E-state index contributed by atoms with van der Waals surface area (Å²) in [7, 11) is 0. The second kappa shape index (κ2) is 6.15. The van der Waals surface area contributed by atoms with Gasteiger partial charge in [-0.2, -0.15) is 5.10 Å². The maximum absolute atomic E-state index is 11.2. The van der Waals surface area contributed by atoms with E-state index in [2.05, 4.69) is 10.5 Å². The zero-order valence-corrected chi connectivity index (χ0v) is 10.8. The lowest BCUT2D eigenvalue weighted by atomic mass is 10.0. The van der Waals surface area contributed by atoms with Crippen molar-refractivity contribution < 1.29 is 9.53 Å². The van der Waals surface area contributed by atoms with Gasteiger partial charge in [-0.3, -0.25) is 4.79 Å². The zero-order valence-electron chi connectivity index (χ0n) is 10.8. The third kappa shape index (κ3) is 3.42. The van der Waals surface area contributed by atoms with Crippen LogP contribution in [0.25, 0.3) is 6.08 Å². The fourth-order valence-corrected chi connectivity index (χ4v) is 1.77. The molecule has 3 N–H and O–H groups in total. The van der Waals surface area contributed by atoms with Crippen LogP contribution in [0.2, 0.25) is 0 Å². The van der Waals surface area contributed by atoms with Gasteiger partial charge in [0.2, 0.25) is 5.91 Å². The fourth-order valence-electron chi connectivity index (χ4n) is 1.77. The predicted octanol–water partition coefficient (Wildman–Crippen LogP) is 1.30. The number of amides is 1. The van der Waals surface area contributed by atoms with Crippen LogP contribution in [0.4, 0.5) is 0 Å². The number of benzene rings is 1. The van der Waals surface area contributed by atoms with Crippen LogP contribution in [0, 0.1) is 0 Å².